The monoisotopic (exact) mass is 504 g/mol. The second-order valence-electron chi connectivity index (χ2n) is 7.39. The first kappa shape index (κ1) is 25.8. The molecule has 0 aliphatic carbocycles. The summed E-state index contributed by atoms with van der Waals surface area (Å²) in [6.45, 7) is 2.73. The number of halogens is 1. The van der Waals surface area contributed by atoms with Gasteiger partial charge in [-0.1, -0.05) is 23.5 Å². The van der Waals surface area contributed by atoms with Crippen LogP contribution in [-0.2, 0) is 0 Å². The molecule has 4 heterocycles. The Morgan fingerprint density at radius 1 is 0.853 bits per heavy atom. The van der Waals surface area contributed by atoms with Gasteiger partial charge in [-0.15, -0.1) is 0 Å². The maximum Gasteiger partial charge on any atom is 0.252 e. The maximum absolute atomic E-state index is 12.8. The van der Waals surface area contributed by atoms with E-state index < -0.39 is 12.7 Å². The molecule has 0 amide bonds. The highest BCUT2D eigenvalue weighted by atomic mass is 32.2. The average molecular weight is 505 g/mol. The number of thioether (sulfide) groups is 2. The first-order valence-electron chi connectivity index (χ1n) is 10.4. The number of alkyl halides is 1. The van der Waals surface area contributed by atoms with Crippen molar-refractivity contribution >= 4 is 45.6 Å². The standard InChI is InChI=1S/C11H12FN3OS.C11H13N3O2S/c1-7(5-12)15-9(16)4-3-8-6-13-11(17-2)14-10(8)15;1-7(6-15)14-9(16)4-3-8-5-12-11(17-2)13-10(8)14/h3-4,6-7H,5H2,1-2H3;3-5,7,15H,6H2,1-2H3/t2*7-/m00/s1. The molecule has 1 N–H and O–H groups in total. The van der Waals surface area contributed by atoms with E-state index in [2.05, 4.69) is 19.9 Å². The summed E-state index contributed by atoms with van der Waals surface area (Å²) in [6, 6.07) is 5.42. The van der Waals surface area contributed by atoms with E-state index in [-0.39, 0.29) is 23.8 Å². The largest absolute Gasteiger partial charge is 0.394 e. The third-order valence-corrected chi connectivity index (χ3v) is 6.15. The van der Waals surface area contributed by atoms with Crippen LogP contribution in [0, 0.1) is 0 Å². The molecule has 0 saturated heterocycles. The molecule has 0 saturated carbocycles. The third-order valence-electron chi connectivity index (χ3n) is 5.02. The molecule has 0 spiro atoms. The molecule has 0 fully saturated rings. The highest BCUT2D eigenvalue weighted by molar-refractivity contribution is 7.98. The zero-order valence-electron chi connectivity index (χ0n) is 19.2. The molecule has 0 aliphatic heterocycles. The summed E-state index contributed by atoms with van der Waals surface area (Å²) in [5.74, 6) is 0. The minimum absolute atomic E-state index is 0.0996. The number of pyridine rings is 2. The summed E-state index contributed by atoms with van der Waals surface area (Å²) >= 11 is 2.80. The van der Waals surface area contributed by atoms with Gasteiger partial charge in [-0.25, -0.2) is 24.3 Å². The number of aliphatic hydroxyl groups is 1. The summed E-state index contributed by atoms with van der Waals surface area (Å²) < 4.78 is 15.6. The van der Waals surface area contributed by atoms with Crippen molar-refractivity contribution in [3.8, 4) is 0 Å². The van der Waals surface area contributed by atoms with E-state index in [1.54, 1.807) is 38.4 Å². The van der Waals surface area contributed by atoms with Crippen molar-refractivity contribution in [2.24, 2.45) is 0 Å². The molecule has 0 unspecified atom stereocenters. The maximum atomic E-state index is 12.8. The van der Waals surface area contributed by atoms with Gasteiger partial charge in [0.05, 0.1) is 18.7 Å². The minimum atomic E-state index is -0.600. The first-order valence-corrected chi connectivity index (χ1v) is 12.8. The SMILES string of the molecule is CSc1ncc2ccc(=O)n([C@@H](C)CF)c2n1.CSc1ncc2ccc(=O)n([C@@H](C)CO)c2n1. The lowest BCUT2D eigenvalue weighted by molar-refractivity contribution is 0.238. The zero-order chi connectivity index (χ0) is 24.8. The van der Waals surface area contributed by atoms with Gasteiger partial charge in [-0.05, 0) is 38.5 Å². The lowest BCUT2D eigenvalue weighted by Gasteiger charge is -2.14. The number of nitrogens with zero attached hydrogens (tertiary/aromatic N) is 6. The molecule has 0 aromatic carbocycles. The van der Waals surface area contributed by atoms with Gasteiger partial charge in [0, 0.05) is 35.3 Å². The molecular weight excluding hydrogens is 479 g/mol. The Morgan fingerprint density at radius 2 is 1.29 bits per heavy atom. The van der Waals surface area contributed by atoms with Gasteiger partial charge < -0.3 is 5.11 Å². The number of aliphatic hydroxyl groups excluding tert-OH is 1. The van der Waals surface area contributed by atoms with Gasteiger partial charge >= 0.3 is 0 Å². The lowest BCUT2D eigenvalue weighted by Crippen LogP contribution is -2.25. The minimum Gasteiger partial charge on any atom is -0.394 e. The van der Waals surface area contributed by atoms with Crippen molar-refractivity contribution in [3.05, 3.63) is 57.4 Å². The Hall–Kier alpha value is -2.83. The number of hydrogen-bond acceptors (Lipinski definition) is 9. The molecule has 9 nitrogen and oxygen atoms in total. The number of hydrogen-bond donors (Lipinski definition) is 1. The fourth-order valence-electron chi connectivity index (χ4n) is 3.24. The molecule has 0 radical (unpaired) electrons. The first-order chi connectivity index (χ1) is 16.3. The number of aromatic nitrogens is 6. The smallest absolute Gasteiger partial charge is 0.252 e. The molecule has 34 heavy (non-hydrogen) atoms. The van der Waals surface area contributed by atoms with Crippen LogP contribution < -0.4 is 11.1 Å². The third kappa shape index (κ3) is 5.45. The van der Waals surface area contributed by atoms with E-state index in [1.807, 2.05) is 12.5 Å². The van der Waals surface area contributed by atoms with Crippen molar-refractivity contribution in [1.82, 2.24) is 29.1 Å². The second kappa shape index (κ2) is 11.5. The van der Waals surface area contributed by atoms with Crippen molar-refractivity contribution in [2.45, 2.75) is 36.2 Å². The van der Waals surface area contributed by atoms with E-state index in [9.17, 15) is 19.1 Å². The highest BCUT2D eigenvalue weighted by Gasteiger charge is 2.13. The second-order valence-corrected chi connectivity index (χ2v) is 8.94. The topological polar surface area (TPSA) is 116 Å². The average Bonchev–Trinajstić information content (AvgIpc) is 2.87. The Kier molecular flexibility index (Phi) is 8.75. The molecular formula is C22H25FN6O3S2. The van der Waals surface area contributed by atoms with E-state index in [0.717, 1.165) is 10.8 Å². The van der Waals surface area contributed by atoms with E-state index in [4.69, 9.17) is 0 Å². The van der Waals surface area contributed by atoms with Crippen LogP contribution in [0.15, 0.2) is 56.6 Å². The van der Waals surface area contributed by atoms with Crippen LogP contribution >= 0.6 is 23.5 Å². The molecule has 4 aromatic rings. The van der Waals surface area contributed by atoms with Gasteiger partial charge in [0.15, 0.2) is 10.3 Å². The highest BCUT2D eigenvalue weighted by Crippen LogP contribution is 2.18. The molecule has 4 rings (SSSR count). The van der Waals surface area contributed by atoms with E-state index in [1.165, 1.54) is 44.8 Å². The van der Waals surface area contributed by atoms with Gasteiger partial charge in [-0.3, -0.25) is 18.7 Å². The van der Waals surface area contributed by atoms with Gasteiger partial charge in [0.2, 0.25) is 0 Å². The predicted octanol–water partition coefficient (Wildman–Crippen LogP) is 3.11. The van der Waals surface area contributed by atoms with E-state index >= 15 is 0 Å². The van der Waals surface area contributed by atoms with Crippen molar-refractivity contribution in [3.63, 3.8) is 0 Å². The normalized spacial score (nSPS) is 12.9. The summed E-state index contributed by atoms with van der Waals surface area (Å²) in [5, 5.41) is 11.9. The molecule has 0 aliphatic rings. The fourth-order valence-corrected chi connectivity index (χ4v) is 3.92. The van der Waals surface area contributed by atoms with Crippen molar-refractivity contribution in [2.75, 3.05) is 25.8 Å². The van der Waals surface area contributed by atoms with Crippen LogP contribution in [0.25, 0.3) is 22.1 Å². The lowest BCUT2D eigenvalue weighted by atomic mass is 10.3. The van der Waals surface area contributed by atoms with Crippen LogP contribution in [0.3, 0.4) is 0 Å². The van der Waals surface area contributed by atoms with Gasteiger partial charge in [0.25, 0.3) is 11.1 Å². The van der Waals surface area contributed by atoms with Crippen LogP contribution in [-0.4, -0.2) is 60.0 Å². The molecule has 180 valence electrons. The summed E-state index contributed by atoms with van der Waals surface area (Å²) in [6.07, 6.45) is 7.07. The summed E-state index contributed by atoms with van der Waals surface area (Å²) in [4.78, 5) is 40.5. The molecule has 2 atom stereocenters. The number of fused-ring (bicyclic) bond motifs is 2. The quantitative estimate of drug-likeness (QED) is 0.312. The Morgan fingerprint density at radius 3 is 1.68 bits per heavy atom. The Bertz CT molecular complexity index is 1300. The Balaban J connectivity index is 0.000000191. The van der Waals surface area contributed by atoms with E-state index in [0.29, 0.717) is 21.6 Å². The Labute approximate surface area is 203 Å². The molecule has 12 heteroatoms. The zero-order valence-corrected chi connectivity index (χ0v) is 20.8. The predicted molar refractivity (Wildman–Crippen MR) is 134 cm³/mol. The van der Waals surface area contributed by atoms with Gasteiger partial charge in [0.1, 0.15) is 18.0 Å². The fraction of sp³-hybridized carbons (Fsp3) is 0.364. The van der Waals surface area contributed by atoms with Gasteiger partial charge in [-0.2, -0.15) is 0 Å². The summed E-state index contributed by atoms with van der Waals surface area (Å²) in [5.41, 5.74) is 0.651. The van der Waals surface area contributed by atoms with Crippen LogP contribution in [0.4, 0.5) is 4.39 Å². The van der Waals surface area contributed by atoms with Crippen molar-refractivity contribution in [1.29, 1.82) is 0 Å². The molecule has 0 bridgehead atoms. The molecule has 4 aromatic heterocycles. The summed E-state index contributed by atoms with van der Waals surface area (Å²) in [7, 11) is 0. The number of rotatable bonds is 6. The van der Waals surface area contributed by atoms with Crippen LogP contribution in [0.5, 0.6) is 0 Å². The van der Waals surface area contributed by atoms with Crippen LogP contribution in [0.2, 0.25) is 0 Å². The van der Waals surface area contributed by atoms with Crippen molar-refractivity contribution < 1.29 is 9.50 Å². The van der Waals surface area contributed by atoms with Crippen LogP contribution in [0.1, 0.15) is 25.9 Å².